The molecule has 0 amide bonds. The Morgan fingerprint density at radius 1 is 1.29 bits per heavy atom. The van der Waals surface area contributed by atoms with E-state index < -0.39 is 0 Å². The minimum Gasteiger partial charge on any atom is -0.368 e. The molecule has 0 radical (unpaired) electrons. The van der Waals surface area contributed by atoms with Crippen LogP contribution in [0.3, 0.4) is 0 Å². The van der Waals surface area contributed by atoms with Crippen LogP contribution in [0.2, 0.25) is 0 Å². The van der Waals surface area contributed by atoms with Gasteiger partial charge in [0.2, 0.25) is 0 Å². The van der Waals surface area contributed by atoms with Crippen LogP contribution in [0.15, 0.2) is 22.7 Å². The lowest BCUT2D eigenvalue weighted by atomic mass is 10.0. The Kier molecular flexibility index (Phi) is 6.56. The van der Waals surface area contributed by atoms with Gasteiger partial charge in [0.15, 0.2) is 0 Å². The van der Waals surface area contributed by atoms with Crippen molar-refractivity contribution in [2.75, 3.05) is 11.4 Å². The van der Waals surface area contributed by atoms with Crippen LogP contribution < -0.4 is 10.6 Å². The SMILES string of the molecule is CCC(N)Cc1ccc(N2CCCCCC2CC)c(Br)c1. The predicted molar refractivity (Wildman–Crippen MR) is 96.0 cm³/mol. The molecule has 1 aliphatic heterocycles. The van der Waals surface area contributed by atoms with Gasteiger partial charge in [0.1, 0.15) is 0 Å². The third-order valence-corrected chi connectivity index (χ3v) is 5.33. The first-order chi connectivity index (χ1) is 10.2. The molecule has 21 heavy (non-hydrogen) atoms. The summed E-state index contributed by atoms with van der Waals surface area (Å²) in [7, 11) is 0. The van der Waals surface area contributed by atoms with E-state index in [1.54, 1.807) is 0 Å². The van der Waals surface area contributed by atoms with Crippen LogP contribution in [0.1, 0.15) is 57.9 Å². The minimum absolute atomic E-state index is 0.268. The van der Waals surface area contributed by atoms with Crippen LogP contribution in [0.5, 0.6) is 0 Å². The van der Waals surface area contributed by atoms with Crippen molar-refractivity contribution in [2.45, 2.75) is 70.9 Å². The first-order valence-electron chi connectivity index (χ1n) is 8.46. The van der Waals surface area contributed by atoms with E-state index >= 15 is 0 Å². The number of nitrogens with zero attached hydrogens (tertiary/aromatic N) is 1. The zero-order chi connectivity index (χ0) is 15.2. The average Bonchev–Trinajstić information content (AvgIpc) is 2.72. The summed E-state index contributed by atoms with van der Waals surface area (Å²) in [5.41, 5.74) is 8.77. The Labute approximate surface area is 138 Å². The summed E-state index contributed by atoms with van der Waals surface area (Å²) in [6, 6.07) is 7.77. The molecule has 1 saturated heterocycles. The number of benzene rings is 1. The molecule has 2 rings (SSSR count). The first kappa shape index (κ1) is 16.8. The fraction of sp³-hybridized carbons (Fsp3) is 0.667. The van der Waals surface area contributed by atoms with Crippen molar-refractivity contribution in [3.05, 3.63) is 28.2 Å². The van der Waals surface area contributed by atoms with Crippen molar-refractivity contribution < 1.29 is 0 Å². The van der Waals surface area contributed by atoms with E-state index in [9.17, 15) is 0 Å². The maximum Gasteiger partial charge on any atom is 0.0513 e. The van der Waals surface area contributed by atoms with Crippen molar-refractivity contribution in [3.63, 3.8) is 0 Å². The van der Waals surface area contributed by atoms with Gasteiger partial charge < -0.3 is 10.6 Å². The number of anilines is 1. The van der Waals surface area contributed by atoms with Gasteiger partial charge in [-0.3, -0.25) is 0 Å². The Bertz CT molecular complexity index is 447. The van der Waals surface area contributed by atoms with E-state index in [4.69, 9.17) is 5.73 Å². The molecule has 1 aromatic carbocycles. The quantitative estimate of drug-likeness (QED) is 0.817. The smallest absolute Gasteiger partial charge is 0.0513 e. The van der Waals surface area contributed by atoms with Crippen LogP contribution in [0.4, 0.5) is 5.69 Å². The lowest BCUT2D eigenvalue weighted by Gasteiger charge is -2.32. The molecular formula is C18H29BrN2. The number of nitrogens with two attached hydrogens (primary N) is 1. The van der Waals surface area contributed by atoms with Crippen molar-refractivity contribution >= 4 is 21.6 Å². The molecule has 1 aliphatic rings. The topological polar surface area (TPSA) is 29.3 Å². The molecule has 3 heteroatoms. The van der Waals surface area contributed by atoms with E-state index in [1.165, 1.54) is 54.4 Å². The molecule has 1 heterocycles. The van der Waals surface area contributed by atoms with Crippen molar-refractivity contribution in [1.82, 2.24) is 0 Å². The van der Waals surface area contributed by atoms with Gasteiger partial charge >= 0.3 is 0 Å². The molecule has 118 valence electrons. The third-order valence-electron chi connectivity index (χ3n) is 4.69. The fourth-order valence-corrected chi connectivity index (χ4v) is 3.93. The molecule has 2 N–H and O–H groups in total. The van der Waals surface area contributed by atoms with Gasteiger partial charge in [0, 0.05) is 23.1 Å². The average molecular weight is 353 g/mol. The largest absolute Gasteiger partial charge is 0.368 e. The highest BCUT2D eigenvalue weighted by atomic mass is 79.9. The molecular weight excluding hydrogens is 324 g/mol. The molecule has 0 aliphatic carbocycles. The second-order valence-electron chi connectivity index (χ2n) is 6.26. The Hall–Kier alpha value is -0.540. The summed E-state index contributed by atoms with van der Waals surface area (Å²) < 4.78 is 1.23. The second-order valence-corrected chi connectivity index (χ2v) is 7.12. The van der Waals surface area contributed by atoms with E-state index in [1.807, 2.05) is 0 Å². The molecule has 2 unspecified atom stereocenters. The highest BCUT2D eigenvalue weighted by Crippen LogP contribution is 2.33. The van der Waals surface area contributed by atoms with E-state index in [0.717, 1.165) is 12.8 Å². The standard InChI is InChI=1S/C18H29BrN2/c1-3-15(20)12-14-9-10-18(17(19)13-14)21-11-7-5-6-8-16(21)4-2/h9-10,13,15-16H,3-8,11-12,20H2,1-2H3. The normalized spacial score (nSPS) is 21.1. The fourth-order valence-electron chi connectivity index (χ4n) is 3.28. The van der Waals surface area contributed by atoms with Gasteiger partial charge in [-0.25, -0.2) is 0 Å². The van der Waals surface area contributed by atoms with Crippen molar-refractivity contribution in [1.29, 1.82) is 0 Å². The number of hydrogen-bond acceptors (Lipinski definition) is 2. The van der Waals surface area contributed by atoms with Crippen molar-refractivity contribution in [2.24, 2.45) is 5.73 Å². The Balaban J connectivity index is 2.18. The molecule has 2 atom stereocenters. The summed E-state index contributed by atoms with van der Waals surface area (Å²) >= 11 is 3.79. The molecule has 0 saturated carbocycles. The van der Waals surface area contributed by atoms with Gasteiger partial charge in [-0.1, -0.05) is 32.8 Å². The predicted octanol–water partition coefficient (Wildman–Crippen LogP) is 4.89. The van der Waals surface area contributed by atoms with Crippen molar-refractivity contribution in [3.8, 4) is 0 Å². The number of hydrogen-bond donors (Lipinski definition) is 1. The van der Waals surface area contributed by atoms with Gasteiger partial charge in [-0.05, 0) is 65.7 Å². The zero-order valence-electron chi connectivity index (χ0n) is 13.4. The molecule has 1 aromatic rings. The molecule has 2 nitrogen and oxygen atoms in total. The van der Waals surface area contributed by atoms with Crippen LogP contribution in [0, 0.1) is 0 Å². The number of halogens is 1. The molecule has 0 bridgehead atoms. The molecule has 1 fully saturated rings. The summed E-state index contributed by atoms with van der Waals surface area (Å²) in [5, 5.41) is 0. The van der Waals surface area contributed by atoms with Gasteiger partial charge in [0.25, 0.3) is 0 Å². The maximum absolute atomic E-state index is 6.07. The molecule has 0 spiro atoms. The zero-order valence-corrected chi connectivity index (χ0v) is 15.0. The van der Waals surface area contributed by atoms with Crippen LogP contribution >= 0.6 is 15.9 Å². The first-order valence-corrected chi connectivity index (χ1v) is 9.25. The second kappa shape index (κ2) is 8.19. The third kappa shape index (κ3) is 4.46. The van der Waals surface area contributed by atoms with Crippen LogP contribution in [-0.4, -0.2) is 18.6 Å². The van der Waals surface area contributed by atoms with E-state index in [2.05, 4.69) is 52.9 Å². The summed E-state index contributed by atoms with van der Waals surface area (Å²) in [5.74, 6) is 0. The highest BCUT2D eigenvalue weighted by Gasteiger charge is 2.21. The minimum atomic E-state index is 0.268. The van der Waals surface area contributed by atoms with Gasteiger partial charge in [0.05, 0.1) is 5.69 Å². The van der Waals surface area contributed by atoms with Gasteiger partial charge in [-0.2, -0.15) is 0 Å². The monoisotopic (exact) mass is 352 g/mol. The lowest BCUT2D eigenvalue weighted by molar-refractivity contribution is 0.555. The summed E-state index contributed by atoms with van der Waals surface area (Å²) in [4.78, 5) is 2.61. The van der Waals surface area contributed by atoms with Crippen LogP contribution in [0.25, 0.3) is 0 Å². The summed E-state index contributed by atoms with van der Waals surface area (Å²) in [6.07, 6.45) is 8.60. The Morgan fingerprint density at radius 2 is 2.10 bits per heavy atom. The summed E-state index contributed by atoms with van der Waals surface area (Å²) in [6.45, 7) is 5.65. The lowest BCUT2D eigenvalue weighted by Crippen LogP contribution is -2.34. The van der Waals surface area contributed by atoms with E-state index in [0.29, 0.717) is 6.04 Å². The van der Waals surface area contributed by atoms with Crippen LogP contribution in [-0.2, 0) is 6.42 Å². The molecule has 0 aromatic heterocycles. The van der Waals surface area contributed by atoms with Gasteiger partial charge in [-0.15, -0.1) is 0 Å². The van der Waals surface area contributed by atoms with E-state index in [-0.39, 0.29) is 6.04 Å². The number of rotatable bonds is 5. The maximum atomic E-state index is 6.07. The Morgan fingerprint density at radius 3 is 2.76 bits per heavy atom. The highest BCUT2D eigenvalue weighted by molar-refractivity contribution is 9.10.